The van der Waals surface area contributed by atoms with E-state index in [4.69, 9.17) is 9.98 Å². The molecule has 8 heteroatoms. The van der Waals surface area contributed by atoms with E-state index < -0.39 is 0 Å². The number of rotatable bonds is 4. The Balaban J connectivity index is 1.32. The number of allylic oxidation sites excluding steroid dienone is 6. The molecule has 252 valence electrons. The topological polar surface area (TPSA) is 52.5 Å². The molecule has 4 aliphatic heterocycles. The molecule has 2 unspecified atom stereocenters. The van der Waals surface area contributed by atoms with E-state index in [1.807, 2.05) is 0 Å². The average Bonchev–Trinajstić information content (AvgIpc) is 3.99. The van der Waals surface area contributed by atoms with Gasteiger partial charge in [-0.1, -0.05) is 118 Å². The molecule has 8 bridgehead atoms. The van der Waals surface area contributed by atoms with Gasteiger partial charge >= 0.3 is 0 Å². The summed E-state index contributed by atoms with van der Waals surface area (Å²) in [4.78, 5) is 14.7. The molecule has 4 aromatic carbocycles. The molecule has 52 heavy (non-hydrogen) atoms. The Hall–Kier alpha value is -4.34. The third-order valence-electron chi connectivity index (χ3n) is 9.66. The van der Waals surface area contributed by atoms with Crippen LogP contribution in [0.4, 0.5) is 0 Å². The van der Waals surface area contributed by atoms with Gasteiger partial charge in [0.15, 0.2) is 0 Å². The van der Waals surface area contributed by atoms with Crippen molar-refractivity contribution in [2.45, 2.75) is 12.0 Å². The Kier molecular flexibility index (Phi) is 8.95. The molecule has 0 saturated carbocycles. The molecule has 0 spiro atoms. The monoisotopic (exact) mass is 928 g/mol. The van der Waals surface area contributed by atoms with E-state index in [0.717, 1.165) is 91.2 Å². The van der Waals surface area contributed by atoms with Gasteiger partial charge in [0.2, 0.25) is 0 Å². The van der Waals surface area contributed by atoms with E-state index in [1.54, 1.807) is 0 Å². The Labute approximate surface area is 335 Å². The first-order valence-corrected chi connectivity index (χ1v) is 20.0. The van der Waals surface area contributed by atoms with E-state index in [0.29, 0.717) is 0 Å². The van der Waals surface area contributed by atoms with Gasteiger partial charge in [0.1, 0.15) is 0 Å². The van der Waals surface area contributed by atoms with E-state index in [1.165, 1.54) is 5.56 Å². The number of hydrogen-bond donors (Lipinski definition) is 2. The Morgan fingerprint density at radius 1 is 0.462 bits per heavy atom. The van der Waals surface area contributed by atoms with Gasteiger partial charge in [0, 0.05) is 51.7 Å². The molecule has 1 aromatic heterocycles. The first kappa shape index (κ1) is 33.5. The second-order valence-corrected chi connectivity index (χ2v) is 16.5. The summed E-state index contributed by atoms with van der Waals surface area (Å²) in [6.45, 7) is 0. The molecule has 2 atom stereocenters. The van der Waals surface area contributed by atoms with Gasteiger partial charge < -0.3 is 10.3 Å². The molecular weight excluding hydrogens is 904 g/mol. The van der Waals surface area contributed by atoms with Crippen molar-refractivity contribution in [1.82, 2.24) is 10.3 Å². The minimum atomic E-state index is -0.0550. The minimum Gasteiger partial charge on any atom is -0.377 e. The zero-order chi connectivity index (χ0) is 35.3. The van der Waals surface area contributed by atoms with Crippen LogP contribution in [-0.2, 0) is 0 Å². The third kappa shape index (κ3) is 6.36. The number of nitrogens with one attached hydrogen (secondary N) is 2. The van der Waals surface area contributed by atoms with Gasteiger partial charge in [-0.05, 0) is 113 Å². The Bertz CT molecular complexity index is 2490. The van der Waals surface area contributed by atoms with Crippen molar-refractivity contribution in [3.05, 3.63) is 214 Å². The molecule has 0 radical (unpaired) electrons. The third-order valence-corrected chi connectivity index (χ3v) is 11.8. The van der Waals surface area contributed by atoms with Gasteiger partial charge in [0.25, 0.3) is 0 Å². The summed E-state index contributed by atoms with van der Waals surface area (Å²) in [5.41, 5.74) is 14.2. The number of nitrogens with zero attached hydrogens (tertiary/aromatic N) is 2. The lowest BCUT2D eigenvalue weighted by Gasteiger charge is -2.25. The van der Waals surface area contributed by atoms with Gasteiger partial charge in [-0.15, -0.1) is 0 Å². The molecule has 0 saturated heterocycles. The fourth-order valence-electron chi connectivity index (χ4n) is 7.25. The summed E-state index contributed by atoms with van der Waals surface area (Å²) < 4.78 is 4.12. The summed E-state index contributed by atoms with van der Waals surface area (Å²) >= 11 is 14.6. The van der Waals surface area contributed by atoms with Crippen LogP contribution < -0.4 is 5.32 Å². The van der Waals surface area contributed by atoms with Crippen molar-refractivity contribution in [2.75, 3.05) is 0 Å². The lowest BCUT2D eigenvalue weighted by Crippen LogP contribution is -2.33. The van der Waals surface area contributed by atoms with Crippen molar-refractivity contribution in [2.24, 2.45) is 9.98 Å². The van der Waals surface area contributed by atoms with E-state index in [-0.39, 0.29) is 12.0 Å². The van der Waals surface area contributed by atoms with Crippen molar-refractivity contribution >= 4 is 91.9 Å². The van der Waals surface area contributed by atoms with E-state index in [2.05, 4.69) is 220 Å². The SMILES string of the molecule is Brc1ccc(/C2=C3\C=CC(N3)C(c3ccc(Br)cc3)C3=N/C(=C(/c4ccc(Br)cc4)c4ccc([nH]4)/C(c4ccc(Br)cc4)=C4/C=CC2=N4)C=C3)cc1. The highest BCUT2D eigenvalue weighted by Crippen LogP contribution is 2.40. The van der Waals surface area contributed by atoms with Gasteiger partial charge in [-0.3, -0.25) is 4.99 Å². The largest absolute Gasteiger partial charge is 0.377 e. The highest BCUT2D eigenvalue weighted by molar-refractivity contribution is 9.11. The molecule has 4 aliphatic rings. The molecule has 0 fully saturated rings. The van der Waals surface area contributed by atoms with Gasteiger partial charge in [-0.25, -0.2) is 4.99 Å². The van der Waals surface area contributed by atoms with Crippen LogP contribution in [0.3, 0.4) is 0 Å². The van der Waals surface area contributed by atoms with Crippen molar-refractivity contribution < 1.29 is 0 Å². The second kappa shape index (κ2) is 13.9. The van der Waals surface area contributed by atoms with Gasteiger partial charge in [0.05, 0.1) is 34.8 Å². The minimum absolute atomic E-state index is 0.0511. The van der Waals surface area contributed by atoms with Gasteiger partial charge in [-0.2, -0.15) is 0 Å². The lowest BCUT2D eigenvalue weighted by atomic mass is 9.87. The quantitative estimate of drug-likeness (QED) is 0.185. The van der Waals surface area contributed by atoms with Crippen molar-refractivity contribution in [3.63, 3.8) is 0 Å². The molecule has 5 heterocycles. The van der Waals surface area contributed by atoms with E-state index >= 15 is 0 Å². The van der Waals surface area contributed by atoms with Crippen LogP contribution in [0.25, 0.3) is 16.7 Å². The first-order chi connectivity index (χ1) is 25.4. The summed E-state index contributed by atoms with van der Waals surface area (Å²) in [5.74, 6) is -0.0550. The maximum atomic E-state index is 5.44. The second-order valence-electron chi connectivity index (χ2n) is 12.9. The molecule has 0 aliphatic carbocycles. The fourth-order valence-corrected chi connectivity index (χ4v) is 8.31. The summed E-state index contributed by atoms with van der Waals surface area (Å²) in [5, 5.41) is 3.93. The van der Waals surface area contributed by atoms with Crippen LogP contribution in [0.1, 0.15) is 39.6 Å². The maximum absolute atomic E-state index is 5.44. The molecule has 2 N–H and O–H groups in total. The van der Waals surface area contributed by atoms with Crippen LogP contribution >= 0.6 is 63.7 Å². The first-order valence-electron chi connectivity index (χ1n) is 16.8. The van der Waals surface area contributed by atoms with Crippen LogP contribution in [0.15, 0.2) is 191 Å². The zero-order valence-corrected chi connectivity index (χ0v) is 33.8. The molecule has 5 aromatic rings. The highest BCUT2D eigenvalue weighted by atomic mass is 79.9. The number of hydrogen-bond acceptors (Lipinski definition) is 3. The predicted molar refractivity (Wildman–Crippen MR) is 228 cm³/mol. The molecule has 4 nitrogen and oxygen atoms in total. The Morgan fingerprint density at radius 2 is 0.942 bits per heavy atom. The van der Waals surface area contributed by atoms with Crippen LogP contribution in [0.2, 0.25) is 0 Å². The lowest BCUT2D eigenvalue weighted by molar-refractivity contribution is 0.666. The smallest absolute Gasteiger partial charge is 0.0737 e. The predicted octanol–water partition coefficient (Wildman–Crippen LogP) is 12.3. The Morgan fingerprint density at radius 3 is 1.50 bits per heavy atom. The maximum Gasteiger partial charge on any atom is 0.0737 e. The van der Waals surface area contributed by atoms with Crippen LogP contribution in [0, 0.1) is 0 Å². The number of fused-ring (bicyclic) bond motifs is 6. The number of aromatic nitrogens is 1. The summed E-state index contributed by atoms with van der Waals surface area (Å²) in [6.07, 6.45) is 13.1. The molecular formula is C44H28Br4N4. The highest BCUT2D eigenvalue weighted by Gasteiger charge is 2.32. The summed E-state index contributed by atoms with van der Waals surface area (Å²) in [6, 6.07) is 38.2. The fraction of sp³-hybridized carbons (Fsp3) is 0.0455. The number of benzene rings is 4. The van der Waals surface area contributed by atoms with Crippen LogP contribution in [-0.4, -0.2) is 22.4 Å². The number of aromatic amines is 1. The van der Waals surface area contributed by atoms with Crippen molar-refractivity contribution in [1.29, 1.82) is 0 Å². The molecule has 0 amide bonds. The number of aliphatic imine (C=N–C) groups is 2. The molecule has 9 rings (SSSR count). The zero-order valence-electron chi connectivity index (χ0n) is 27.4. The van der Waals surface area contributed by atoms with E-state index in [9.17, 15) is 0 Å². The van der Waals surface area contributed by atoms with Crippen LogP contribution in [0.5, 0.6) is 0 Å². The number of H-pyrrole nitrogens is 1. The normalized spacial score (nSPS) is 23.2. The average molecular weight is 932 g/mol. The standard InChI is InChI=1S/C44H28Br4N4/c45-29-9-1-25(2-10-29)41-33-17-19-35(49-33)42(26-3-11-30(46)12-4-26)37-21-23-39(51-37)44(28-7-15-32(48)16-8-28)40-24-22-38(52-40)43(36-20-18-34(41)50-36)27-5-13-31(47)14-6-27/h1-24,33,41,49,52H/b42-35-,43-36-,44-39-. The summed E-state index contributed by atoms with van der Waals surface area (Å²) in [7, 11) is 0. The number of halogens is 4. The van der Waals surface area contributed by atoms with Crippen molar-refractivity contribution in [3.8, 4) is 0 Å².